The molecule has 0 fully saturated rings. The number of carbonyl (C=O) groups is 1. The molecule has 0 amide bonds. The van der Waals surface area contributed by atoms with Crippen LogP contribution in [-0.4, -0.2) is 18.8 Å². The van der Waals surface area contributed by atoms with Crippen molar-refractivity contribution < 1.29 is 9.53 Å². The van der Waals surface area contributed by atoms with Crippen LogP contribution in [0.25, 0.3) is 0 Å². The molecule has 0 bridgehead atoms. The van der Waals surface area contributed by atoms with Crippen LogP contribution in [0.1, 0.15) is 5.56 Å². The van der Waals surface area contributed by atoms with Crippen LogP contribution in [0, 0.1) is 11.3 Å². The second kappa shape index (κ2) is 5.64. The second-order valence-electron chi connectivity index (χ2n) is 2.62. The van der Waals surface area contributed by atoms with Crippen molar-refractivity contribution in [2.45, 2.75) is 4.90 Å². The zero-order valence-electron chi connectivity index (χ0n) is 7.99. The fourth-order valence-electron chi connectivity index (χ4n) is 0.911. The van der Waals surface area contributed by atoms with Gasteiger partial charge in [0.15, 0.2) is 0 Å². The summed E-state index contributed by atoms with van der Waals surface area (Å²) in [5.74, 6) is -0.133. The third-order valence-electron chi connectivity index (χ3n) is 1.64. The predicted octanol–water partition coefficient (Wildman–Crippen LogP) is 2.48. The summed E-state index contributed by atoms with van der Waals surface area (Å²) in [5, 5.41) is 9.34. The van der Waals surface area contributed by atoms with Gasteiger partial charge in [0.25, 0.3) is 0 Å². The molecular formula is C10H8ClNO2S. The zero-order chi connectivity index (χ0) is 11.3. The topological polar surface area (TPSA) is 50.1 Å². The van der Waals surface area contributed by atoms with E-state index in [4.69, 9.17) is 16.9 Å². The number of carbonyl (C=O) groups excluding carboxylic acids is 1. The molecule has 0 saturated heterocycles. The van der Waals surface area contributed by atoms with Crippen molar-refractivity contribution in [2.75, 3.05) is 12.9 Å². The van der Waals surface area contributed by atoms with Crippen molar-refractivity contribution in [3.63, 3.8) is 0 Å². The lowest BCUT2D eigenvalue weighted by Crippen LogP contribution is -2.03. The summed E-state index contributed by atoms with van der Waals surface area (Å²) in [6.07, 6.45) is 0. The second-order valence-corrected chi connectivity index (χ2v) is 4.07. The van der Waals surface area contributed by atoms with E-state index in [1.807, 2.05) is 6.07 Å². The Morgan fingerprint density at radius 3 is 3.00 bits per heavy atom. The quantitative estimate of drug-likeness (QED) is 0.603. The molecule has 5 heteroatoms. The molecule has 0 saturated carbocycles. The van der Waals surface area contributed by atoms with Crippen LogP contribution in [0.4, 0.5) is 0 Å². The fourth-order valence-corrected chi connectivity index (χ4v) is 1.90. The minimum atomic E-state index is -0.321. The first-order valence-electron chi connectivity index (χ1n) is 4.06. The molecule has 1 aromatic carbocycles. The number of nitrogens with zero attached hydrogens (tertiary/aromatic N) is 1. The smallest absolute Gasteiger partial charge is 0.315 e. The van der Waals surface area contributed by atoms with Gasteiger partial charge < -0.3 is 4.74 Å². The Balaban J connectivity index is 2.77. The lowest BCUT2D eigenvalue weighted by Gasteiger charge is -2.02. The van der Waals surface area contributed by atoms with Crippen LogP contribution in [0.2, 0.25) is 5.02 Å². The lowest BCUT2D eigenvalue weighted by atomic mass is 10.2. The Labute approximate surface area is 97.0 Å². The highest BCUT2D eigenvalue weighted by Crippen LogP contribution is 2.25. The van der Waals surface area contributed by atoms with Gasteiger partial charge in [-0.3, -0.25) is 4.79 Å². The van der Waals surface area contributed by atoms with Crippen molar-refractivity contribution >= 4 is 29.3 Å². The van der Waals surface area contributed by atoms with Crippen molar-refractivity contribution in [2.24, 2.45) is 0 Å². The van der Waals surface area contributed by atoms with Crippen molar-refractivity contribution in [1.82, 2.24) is 0 Å². The normalized spacial score (nSPS) is 9.40. The summed E-state index contributed by atoms with van der Waals surface area (Å²) in [4.78, 5) is 11.6. The van der Waals surface area contributed by atoms with Crippen molar-refractivity contribution in [1.29, 1.82) is 5.26 Å². The average Bonchev–Trinajstić information content (AvgIpc) is 2.26. The number of halogens is 1. The summed E-state index contributed by atoms with van der Waals surface area (Å²) in [7, 11) is 1.33. The van der Waals surface area contributed by atoms with Gasteiger partial charge in [0.2, 0.25) is 0 Å². The molecule has 78 valence electrons. The van der Waals surface area contributed by atoms with Crippen molar-refractivity contribution in [3.05, 3.63) is 28.8 Å². The van der Waals surface area contributed by atoms with Crippen LogP contribution in [0.15, 0.2) is 23.1 Å². The van der Waals surface area contributed by atoms with E-state index in [0.717, 1.165) is 4.90 Å². The molecule has 15 heavy (non-hydrogen) atoms. The SMILES string of the molecule is COC(=O)CSc1ccc(Cl)cc1C#N. The molecule has 0 atom stereocenters. The van der Waals surface area contributed by atoms with Gasteiger partial charge in [0, 0.05) is 9.92 Å². The molecule has 0 aromatic heterocycles. The number of benzene rings is 1. The Bertz CT molecular complexity index is 414. The molecule has 0 aliphatic heterocycles. The first-order valence-corrected chi connectivity index (χ1v) is 5.43. The van der Waals surface area contributed by atoms with E-state index in [9.17, 15) is 4.79 Å². The third-order valence-corrected chi connectivity index (χ3v) is 2.92. The summed E-state index contributed by atoms with van der Waals surface area (Å²) in [6.45, 7) is 0. The number of methoxy groups -OCH3 is 1. The van der Waals surface area contributed by atoms with Crippen LogP contribution in [0.3, 0.4) is 0 Å². The van der Waals surface area contributed by atoms with Gasteiger partial charge in [-0.15, -0.1) is 11.8 Å². The molecular weight excluding hydrogens is 234 g/mol. The van der Waals surface area contributed by atoms with Gasteiger partial charge >= 0.3 is 5.97 Å². The number of rotatable bonds is 3. The number of ether oxygens (including phenoxy) is 1. The average molecular weight is 242 g/mol. The van der Waals surface area contributed by atoms with E-state index in [-0.39, 0.29) is 11.7 Å². The van der Waals surface area contributed by atoms with E-state index >= 15 is 0 Å². The van der Waals surface area contributed by atoms with E-state index in [0.29, 0.717) is 10.6 Å². The molecule has 0 spiro atoms. The summed E-state index contributed by atoms with van der Waals surface area (Å²) in [5.41, 5.74) is 0.469. The lowest BCUT2D eigenvalue weighted by molar-refractivity contribution is -0.137. The highest BCUT2D eigenvalue weighted by molar-refractivity contribution is 8.00. The molecule has 3 nitrogen and oxygen atoms in total. The fraction of sp³-hybridized carbons (Fsp3) is 0.200. The van der Waals surface area contributed by atoms with Crippen LogP contribution in [0.5, 0.6) is 0 Å². The maximum Gasteiger partial charge on any atom is 0.315 e. The van der Waals surface area contributed by atoms with E-state index in [2.05, 4.69) is 4.74 Å². The Kier molecular flexibility index (Phi) is 4.47. The van der Waals surface area contributed by atoms with Gasteiger partial charge in [0.05, 0.1) is 18.4 Å². The van der Waals surface area contributed by atoms with Gasteiger partial charge in [-0.25, -0.2) is 0 Å². The van der Waals surface area contributed by atoms with E-state index in [1.165, 1.54) is 18.9 Å². The molecule has 0 N–H and O–H groups in total. The van der Waals surface area contributed by atoms with Gasteiger partial charge in [-0.1, -0.05) is 11.6 Å². The van der Waals surface area contributed by atoms with E-state index < -0.39 is 0 Å². The molecule has 1 rings (SSSR count). The molecule has 1 aromatic rings. The maximum absolute atomic E-state index is 10.9. The standard InChI is InChI=1S/C10H8ClNO2S/c1-14-10(13)6-15-9-3-2-8(11)4-7(9)5-12/h2-4H,6H2,1H3. The minimum Gasteiger partial charge on any atom is -0.468 e. The Morgan fingerprint density at radius 2 is 2.40 bits per heavy atom. The summed E-state index contributed by atoms with van der Waals surface area (Å²) >= 11 is 6.99. The van der Waals surface area contributed by atoms with Crippen LogP contribution in [-0.2, 0) is 9.53 Å². The number of hydrogen-bond donors (Lipinski definition) is 0. The largest absolute Gasteiger partial charge is 0.468 e. The molecule has 0 aliphatic rings. The van der Waals surface area contributed by atoms with Crippen LogP contribution < -0.4 is 0 Å². The van der Waals surface area contributed by atoms with Gasteiger partial charge in [0.1, 0.15) is 6.07 Å². The summed E-state index contributed by atoms with van der Waals surface area (Å²) < 4.78 is 4.50. The maximum atomic E-state index is 10.9. The number of esters is 1. The Morgan fingerprint density at radius 1 is 1.67 bits per heavy atom. The monoisotopic (exact) mass is 241 g/mol. The third kappa shape index (κ3) is 3.46. The first-order chi connectivity index (χ1) is 7.17. The van der Waals surface area contributed by atoms with E-state index in [1.54, 1.807) is 18.2 Å². The van der Waals surface area contributed by atoms with Gasteiger partial charge in [-0.2, -0.15) is 5.26 Å². The highest BCUT2D eigenvalue weighted by Gasteiger charge is 2.06. The predicted molar refractivity (Wildman–Crippen MR) is 58.9 cm³/mol. The molecule has 0 aliphatic carbocycles. The zero-order valence-corrected chi connectivity index (χ0v) is 9.56. The number of thioether (sulfide) groups is 1. The molecule has 0 unspecified atom stereocenters. The minimum absolute atomic E-state index is 0.187. The first kappa shape index (κ1) is 11.9. The van der Waals surface area contributed by atoms with Crippen LogP contribution >= 0.6 is 23.4 Å². The Hall–Kier alpha value is -1.18. The highest BCUT2D eigenvalue weighted by atomic mass is 35.5. The number of hydrogen-bond acceptors (Lipinski definition) is 4. The van der Waals surface area contributed by atoms with Crippen molar-refractivity contribution in [3.8, 4) is 6.07 Å². The molecule has 0 radical (unpaired) electrons. The summed E-state index contributed by atoms with van der Waals surface area (Å²) in [6, 6.07) is 6.99. The molecule has 0 heterocycles. The van der Waals surface area contributed by atoms with Gasteiger partial charge in [-0.05, 0) is 18.2 Å². The number of nitriles is 1.